The maximum atomic E-state index is 11.5. The Bertz CT molecular complexity index is 727. The smallest absolute Gasteiger partial charge is 0.159 e. The van der Waals surface area contributed by atoms with Gasteiger partial charge in [-0.2, -0.15) is 0 Å². The van der Waals surface area contributed by atoms with Crippen LogP contribution in [0.25, 0.3) is 11.1 Å². The van der Waals surface area contributed by atoms with Crippen LogP contribution in [0.3, 0.4) is 0 Å². The average Bonchev–Trinajstić information content (AvgIpc) is 2.67. The summed E-state index contributed by atoms with van der Waals surface area (Å²) in [5, 5.41) is 0. The van der Waals surface area contributed by atoms with Gasteiger partial charge in [-0.1, -0.05) is 24.3 Å². The lowest BCUT2D eigenvalue weighted by Gasteiger charge is -2.29. The van der Waals surface area contributed by atoms with E-state index < -0.39 is 10.6 Å². The van der Waals surface area contributed by atoms with Crippen LogP contribution in [-0.2, 0) is 0 Å². The van der Waals surface area contributed by atoms with E-state index in [1.807, 2.05) is 0 Å². The summed E-state index contributed by atoms with van der Waals surface area (Å²) in [4.78, 5) is 23.7. The van der Waals surface area contributed by atoms with Crippen LogP contribution in [0.4, 0.5) is 0 Å². The van der Waals surface area contributed by atoms with Crippen molar-refractivity contribution in [3.05, 3.63) is 47.5 Å². The Morgan fingerprint density at radius 3 is 1.52 bits per heavy atom. The van der Waals surface area contributed by atoms with Crippen LogP contribution in [-0.4, -0.2) is 20.7 Å². The minimum atomic E-state index is -3.18. The van der Waals surface area contributed by atoms with Crippen LogP contribution >= 0.6 is 10.6 Å². The third-order valence-electron chi connectivity index (χ3n) is 3.68. The van der Waals surface area contributed by atoms with Gasteiger partial charge < -0.3 is 0 Å². The molecule has 21 heavy (non-hydrogen) atoms. The molecule has 0 saturated carbocycles. The first-order valence-corrected chi connectivity index (χ1v) is 7.95. The molecule has 0 amide bonds. The topological polar surface area (TPSA) is 74.6 Å². The van der Waals surface area contributed by atoms with Crippen molar-refractivity contribution in [2.45, 2.75) is 23.6 Å². The Morgan fingerprint density at radius 2 is 1.19 bits per heavy atom. The maximum Gasteiger partial charge on any atom is 0.159 e. The van der Waals surface area contributed by atoms with Crippen molar-refractivity contribution in [2.75, 3.05) is 0 Å². The molecule has 0 saturated heterocycles. The summed E-state index contributed by atoms with van der Waals surface area (Å²) in [6.45, 7) is 2.87. The second kappa shape index (κ2) is 4.53. The molecule has 1 heterocycles. The lowest BCUT2D eigenvalue weighted by Crippen LogP contribution is -1.99. The fourth-order valence-electron chi connectivity index (χ4n) is 2.52. The molecule has 5 heteroatoms. The number of Topliss-reactive ketones (excluding diaryl/α,β-unsaturated/α-hetero) is 2. The highest BCUT2D eigenvalue weighted by molar-refractivity contribution is 8.24. The van der Waals surface area contributed by atoms with Crippen LogP contribution in [0.15, 0.2) is 46.2 Å². The van der Waals surface area contributed by atoms with Crippen LogP contribution in [0.1, 0.15) is 34.6 Å². The highest BCUT2D eigenvalue weighted by Gasteiger charge is 2.34. The summed E-state index contributed by atoms with van der Waals surface area (Å²) in [5.41, 5.74) is 2.27. The van der Waals surface area contributed by atoms with Crippen LogP contribution < -0.4 is 0 Å². The average molecular weight is 302 g/mol. The number of carbonyl (C=O) groups is 2. The first-order chi connectivity index (χ1) is 9.82. The van der Waals surface area contributed by atoms with Gasteiger partial charge >= 0.3 is 0 Å². The van der Waals surface area contributed by atoms with Crippen molar-refractivity contribution in [3.63, 3.8) is 0 Å². The van der Waals surface area contributed by atoms with Gasteiger partial charge in [-0.05, 0) is 26.0 Å². The molecule has 0 radical (unpaired) electrons. The summed E-state index contributed by atoms with van der Waals surface area (Å²) in [5.74, 6) is -0.262. The number of hydrogen-bond donors (Lipinski definition) is 2. The van der Waals surface area contributed by atoms with Crippen molar-refractivity contribution >= 4 is 22.2 Å². The van der Waals surface area contributed by atoms with Crippen molar-refractivity contribution in [2.24, 2.45) is 0 Å². The van der Waals surface area contributed by atoms with Gasteiger partial charge in [-0.15, -0.1) is 10.6 Å². The van der Waals surface area contributed by atoms with E-state index >= 15 is 0 Å². The zero-order valence-electron chi connectivity index (χ0n) is 11.6. The molecule has 1 aliphatic rings. The number of benzene rings is 2. The van der Waals surface area contributed by atoms with Crippen LogP contribution in [0.2, 0.25) is 0 Å². The first-order valence-electron chi connectivity index (χ1n) is 6.41. The first kappa shape index (κ1) is 14.0. The molecular weight excluding hydrogens is 288 g/mol. The quantitative estimate of drug-likeness (QED) is 0.814. The molecule has 0 unspecified atom stereocenters. The Hall–Kier alpha value is -1.95. The Labute approximate surface area is 123 Å². The van der Waals surface area contributed by atoms with E-state index in [2.05, 4.69) is 0 Å². The van der Waals surface area contributed by atoms with E-state index in [0.717, 1.165) is 0 Å². The van der Waals surface area contributed by atoms with Gasteiger partial charge in [0.25, 0.3) is 0 Å². The third-order valence-corrected chi connectivity index (χ3v) is 5.58. The lowest BCUT2D eigenvalue weighted by molar-refractivity contribution is 0.100. The molecule has 0 fully saturated rings. The minimum Gasteiger partial charge on any atom is -0.295 e. The molecule has 4 nitrogen and oxygen atoms in total. The van der Waals surface area contributed by atoms with Gasteiger partial charge in [0.1, 0.15) is 0 Å². The normalized spacial score (nSPS) is 16.0. The number of hydrogen-bond acceptors (Lipinski definition) is 4. The van der Waals surface area contributed by atoms with E-state index in [4.69, 9.17) is 0 Å². The third kappa shape index (κ3) is 2.01. The Balaban J connectivity index is 2.26. The van der Waals surface area contributed by atoms with Crippen molar-refractivity contribution in [1.29, 1.82) is 0 Å². The second-order valence-electron chi connectivity index (χ2n) is 5.08. The molecule has 0 bridgehead atoms. The highest BCUT2D eigenvalue weighted by atomic mass is 32.3. The molecular formula is C16H14O4S. The van der Waals surface area contributed by atoms with Gasteiger partial charge in [0.15, 0.2) is 11.6 Å². The summed E-state index contributed by atoms with van der Waals surface area (Å²) >= 11 is 0. The summed E-state index contributed by atoms with van der Waals surface area (Å²) in [6.07, 6.45) is 0. The fourth-order valence-corrected chi connectivity index (χ4v) is 4.31. The van der Waals surface area contributed by atoms with Crippen molar-refractivity contribution < 1.29 is 18.7 Å². The SMILES string of the molecule is CC(=O)c1ccc2c(c1)S(O)(O)c1cc(C(C)=O)ccc1-2. The highest BCUT2D eigenvalue weighted by Crippen LogP contribution is 2.66. The number of ketones is 2. The van der Waals surface area contributed by atoms with E-state index in [9.17, 15) is 18.7 Å². The number of carbonyl (C=O) groups excluding carboxylic acids is 2. The predicted octanol–water partition coefficient (Wildman–Crippen LogP) is 4.24. The van der Waals surface area contributed by atoms with Gasteiger partial charge in [-0.25, -0.2) is 0 Å². The van der Waals surface area contributed by atoms with E-state index in [-0.39, 0.29) is 11.6 Å². The molecule has 108 valence electrons. The van der Waals surface area contributed by atoms with Gasteiger partial charge in [0.2, 0.25) is 0 Å². The van der Waals surface area contributed by atoms with Crippen molar-refractivity contribution in [3.8, 4) is 11.1 Å². The number of fused-ring (bicyclic) bond motifs is 3. The lowest BCUT2D eigenvalue weighted by atomic mass is 10.0. The molecule has 0 atom stereocenters. The zero-order valence-corrected chi connectivity index (χ0v) is 12.4. The number of rotatable bonds is 2. The molecule has 0 aliphatic carbocycles. The minimum absolute atomic E-state index is 0.131. The Kier molecular flexibility index (Phi) is 3.02. The molecule has 2 N–H and O–H groups in total. The second-order valence-corrected chi connectivity index (χ2v) is 7.06. The van der Waals surface area contributed by atoms with Crippen molar-refractivity contribution in [1.82, 2.24) is 0 Å². The fraction of sp³-hybridized carbons (Fsp3) is 0.125. The predicted molar refractivity (Wildman–Crippen MR) is 81.3 cm³/mol. The van der Waals surface area contributed by atoms with Crippen LogP contribution in [0.5, 0.6) is 0 Å². The van der Waals surface area contributed by atoms with Crippen LogP contribution in [0, 0.1) is 0 Å². The molecule has 1 aliphatic heterocycles. The molecule has 2 aromatic carbocycles. The largest absolute Gasteiger partial charge is 0.295 e. The molecule has 3 rings (SSSR count). The summed E-state index contributed by atoms with van der Waals surface area (Å²) < 4.78 is 21.1. The molecule has 0 spiro atoms. The maximum absolute atomic E-state index is 11.5. The summed E-state index contributed by atoms with van der Waals surface area (Å²) in [7, 11) is -3.18. The Morgan fingerprint density at radius 1 is 0.810 bits per heavy atom. The van der Waals surface area contributed by atoms with E-state index in [0.29, 0.717) is 32.0 Å². The zero-order chi connectivity index (χ0) is 15.4. The van der Waals surface area contributed by atoms with Gasteiger partial charge in [-0.3, -0.25) is 18.7 Å². The van der Waals surface area contributed by atoms with Gasteiger partial charge in [0, 0.05) is 22.3 Å². The summed E-state index contributed by atoms with van der Waals surface area (Å²) in [6, 6.07) is 9.84. The van der Waals surface area contributed by atoms with Gasteiger partial charge in [0.05, 0.1) is 9.79 Å². The van der Waals surface area contributed by atoms with E-state index in [1.165, 1.54) is 26.0 Å². The standard InChI is InChI=1S/C16H14O4S/c1-9(17)11-3-5-13-14-6-4-12(10(2)18)8-16(14)21(19,20)15(13)7-11/h3-8,19-20H,1-2H3. The van der Waals surface area contributed by atoms with E-state index in [1.54, 1.807) is 24.3 Å². The monoisotopic (exact) mass is 302 g/mol. The molecule has 0 aromatic heterocycles. The molecule has 2 aromatic rings.